The van der Waals surface area contributed by atoms with Crippen molar-refractivity contribution >= 4 is 117 Å². The van der Waals surface area contributed by atoms with E-state index in [9.17, 15) is 23.1 Å². The SMILES string of the molecule is C.CS(=O)(=O)O.O=C(Cc1cc(Br)ccc1Br)Oc1cccc(Br)c1.O=C(Cc1cc(Br)ccc1Br)c1ccc(Br)cc1O. The van der Waals surface area contributed by atoms with Crippen molar-refractivity contribution in [3.05, 3.63) is 122 Å². The summed E-state index contributed by atoms with van der Waals surface area (Å²) >= 11 is 20.2. The first-order valence-electron chi connectivity index (χ1n) is 11.8. The number of carbonyl (C=O) groups is 2. The van der Waals surface area contributed by atoms with Crippen LogP contribution >= 0.6 is 95.6 Å². The molecule has 4 aromatic carbocycles. The van der Waals surface area contributed by atoms with Crippen molar-refractivity contribution in [1.29, 1.82) is 0 Å². The Bertz CT molecular complexity index is 1700. The van der Waals surface area contributed by atoms with E-state index in [1.54, 1.807) is 24.3 Å². The second-order valence-corrected chi connectivity index (χ2v) is 15.4. The van der Waals surface area contributed by atoms with Crippen molar-refractivity contribution in [3.8, 4) is 11.5 Å². The first-order valence-corrected chi connectivity index (χ1v) is 18.4. The van der Waals surface area contributed by atoms with Gasteiger partial charge in [0.2, 0.25) is 0 Å². The molecule has 0 saturated heterocycles. The number of Topliss-reactive ketones (excluding diaryl/α,β-unsaturated/α-hetero) is 1. The lowest BCUT2D eigenvalue weighted by atomic mass is 10.0. The summed E-state index contributed by atoms with van der Waals surface area (Å²) < 4.78 is 36.4. The minimum atomic E-state index is -3.67. The Morgan fingerprint density at radius 2 is 1.16 bits per heavy atom. The summed E-state index contributed by atoms with van der Waals surface area (Å²) in [5, 5.41) is 9.79. The number of rotatable bonds is 6. The van der Waals surface area contributed by atoms with E-state index in [2.05, 4.69) is 95.6 Å². The average molecular weight is 1010 g/mol. The summed E-state index contributed by atoms with van der Waals surface area (Å²) in [6.45, 7) is 0. The standard InChI is InChI=1S/2C14H9Br3O2.CH4O3S.CH4/c15-9-2-4-12(17)8(5-9)6-13(18)11-3-1-10(16)7-14(11)19;15-10-2-1-3-12(8-10)19-14(18)7-9-6-11(16)4-5-13(9)17;1-5(2,3)4;/h1-5,7,19H,6H2;1-6,8H,7H2;1H3,(H,2,3,4);1H4. The molecule has 0 aliphatic rings. The van der Waals surface area contributed by atoms with Crippen LogP contribution in [0.2, 0.25) is 0 Å². The van der Waals surface area contributed by atoms with Crippen LogP contribution < -0.4 is 4.74 Å². The summed E-state index contributed by atoms with van der Waals surface area (Å²) in [7, 11) is -3.67. The minimum absolute atomic E-state index is 0. The lowest BCUT2D eigenvalue weighted by Crippen LogP contribution is -2.11. The van der Waals surface area contributed by atoms with E-state index in [0.717, 1.165) is 38.0 Å². The number of phenols is 1. The zero-order chi connectivity index (χ0) is 32.3. The van der Waals surface area contributed by atoms with Gasteiger partial charge in [-0.25, -0.2) is 0 Å². The molecule has 2 N–H and O–H groups in total. The number of phenolic OH excluding ortho intramolecular Hbond substituents is 1. The number of halogens is 6. The highest BCUT2D eigenvalue weighted by atomic mass is 79.9. The van der Waals surface area contributed by atoms with Gasteiger partial charge in [0.1, 0.15) is 11.5 Å². The van der Waals surface area contributed by atoms with Gasteiger partial charge in [0.05, 0.1) is 18.2 Å². The van der Waals surface area contributed by atoms with Crippen LogP contribution in [0.3, 0.4) is 0 Å². The highest BCUT2D eigenvalue weighted by Gasteiger charge is 2.14. The van der Waals surface area contributed by atoms with Gasteiger partial charge in [-0.3, -0.25) is 14.1 Å². The molecule has 0 fully saturated rings. The zero-order valence-corrected chi connectivity index (χ0v) is 32.4. The van der Waals surface area contributed by atoms with Crippen molar-refractivity contribution in [2.75, 3.05) is 6.26 Å². The third kappa shape index (κ3) is 15.7. The maximum absolute atomic E-state index is 12.2. The molecule has 4 rings (SSSR count). The second kappa shape index (κ2) is 19.3. The van der Waals surface area contributed by atoms with E-state index in [0.29, 0.717) is 17.6 Å². The third-order valence-corrected chi connectivity index (χ3v) is 8.51. The van der Waals surface area contributed by atoms with Crippen molar-refractivity contribution in [1.82, 2.24) is 0 Å². The molecular formula is C30H26Br6O7S. The predicted octanol–water partition coefficient (Wildman–Crippen LogP) is 10.4. The first kappa shape index (κ1) is 40.6. The number of hydrogen-bond donors (Lipinski definition) is 2. The van der Waals surface area contributed by atoms with Crippen LogP contribution in [0.4, 0.5) is 0 Å². The van der Waals surface area contributed by atoms with E-state index < -0.39 is 10.1 Å². The van der Waals surface area contributed by atoms with Gasteiger partial charge < -0.3 is 9.84 Å². The molecule has 7 nitrogen and oxygen atoms in total. The van der Waals surface area contributed by atoms with Crippen LogP contribution in [0.1, 0.15) is 28.9 Å². The Hall–Kier alpha value is -1.39. The van der Waals surface area contributed by atoms with E-state index in [1.807, 2.05) is 48.5 Å². The Morgan fingerprint density at radius 1 is 0.705 bits per heavy atom. The minimum Gasteiger partial charge on any atom is -0.507 e. The van der Waals surface area contributed by atoms with Crippen LogP contribution in [0.5, 0.6) is 11.5 Å². The molecule has 236 valence electrons. The van der Waals surface area contributed by atoms with Gasteiger partial charge in [-0.2, -0.15) is 8.42 Å². The number of esters is 1. The molecule has 4 aromatic rings. The van der Waals surface area contributed by atoms with E-state index in [-0.39, 0.29) is 37.8 Å². The molecule has 0 heterocycles. The summed E-state index contributed by atoms with van der Waals surface area (Å²) in [6, 6.07) is 23.4. The number of aromatic hydroxyl groups is 1. The monoisotopic (exact) mass is 1000 g/mol. The number of hydrogen-bond acceptors (Lipinski definition) is 6. The fourth-order valence-electron chi connectivity index (χ4n) is 3.22. The second-order valence-electron chi connectivity index (χ2n) is 8.57. The fourth-order valence-corrected chi connectivity index (χ4v) is 5.54. The Kier molecular flexibility index (Phi) is 17.8. The van der Waals surface area contributed by atoms with E-state index in [4.69, 9.17) is 9.29 Å². The molecule has 0 radical (unpaired) electrons. The average Bonchev–Trinajstić information content (AvgIpc) is 2.88. The number of ketones is 1. The predicted molar refractivity (Wildman–Crippen MR) is 195 cm³/mol. The Morgan fingerprint density at radius 3 is 1.66 bits per heavy atom. The molecule has 0 aromatic heterocycles. The van der Waals surface area contributed by atoms with Crippen molar-refractivity contribution < 1.29 is 32.4 Å². The van der Waals surface area contributed by atoms with Crippen LogP contribution in [0, 0.1) is 0 Å². The third-order valence-electron chi connectivity index (χ3n) is 4.99. The number of ether oxygens (including phenoxy) is 1. The summed E-state index contributed by atoms with van der Waals surface area (Å²) in [5.74, 6) is 0.108. The Labute approximate surface area is 307 Å². The zero-order valence-electron chi connectivity index (χ0n) is 22.0. The number of carbonyl (C=O) groups excluding carboxylic acids is 2. The topological polar surface area (TPSA) is 118 Å². The van der Waals surface area contributed by atoms with Gasteiger partial charge in [-0.05, 0) is 83.9 Å². The molecule has 0 unspecified atom stereocenters. The van der Waals surface area contributed by atoms with Crippen LogP contribution in [-0.2, 0) is 27.8 Å². The summed E-state index contributed by atoms with van der Waals surface area (Å²) in [6.07, 6.45) is 1.16. The highest BCUT2D eigenvalue weighted by molar-refractivity contribution is 9.11. The van der Waals surface area contributed by atoms with Gasteiger partial charge in [0.15, 0.2) is 5.78 Å². The van der Waals surface area contributed by atoms with Gasteiger partial charge in [0.25, 0.3) is 10.1 Å². The lowest BCUT2D eigenvalue weighted by Gasteiger charge is -2.07. The van der Waals surface area contributed by atoms with E-state index >= 15 is 0 Å². The molecular weight excluding hydrogens is 984 g/mol. The molecule has 0 bridgehead atoms. The smallest absolute Gasteiger partial charge is 0.315 e. The quantitative estimate of drug-likeness (QED) is 0.0855. The molecule has 0 aliphatic heterocycles. The molecule has 0 atom stereocenters. The van der Waals surface area contributed by atoms with E-state index in [1.165, 1.54) is 6.07 Å². The first-order chi connectivity index (χ1) is 20.0. The van der Waals surface area contributed by atoms with Gasteiger partial charge in [-0.1, -0.05) is 109 Å². The van der Waals surface area contributed by atoms with Gasteiger partial charge in [0, 0.05) is 33.3 Å². The largest absolute Gasteiger partial charge is 0.507 e. The van der Waals surface area contributed by atoms with Crippen LogP contribution in [0.25, 0.3) is 0 Å². The van der Waals surface area contributed by atoms with Crippen molar-refractivity contribution in [2.24, 2.45) is 0 Å². The summed E-state index contributed by atoms with van der Waals surface area (Å²) in [4.78, 5) is 24.1. The lowest BCUT2D eigenvalue weighted by molar-refractivity contribution is -0.133. The molecule has 0 saturated carbocycles. The molecule has 14 heteroatoms. The maximum Gasteiger partial charge on any atom is 0.315 e. The van der Waals surface area contributed by atoms with Gasteiger partial charge in [-0.15, -0.1) is 0 Å². The van der Waals surface area contributed by atoms with Crippen molar-refractivity contribution in [3.63, 3.8) is 0 Å². The Balaban J connectivity index is 0.000000375. The highest BCUT2D eigenvalue weighted by Crippen LogP contribution is 2.27. The molecule has 0 aliphatic carbocycles. The fraction of sp³-hybridized carbons (Fsp3) is 0.133. The molecule has 0 spiro atoms. The van der Waals surface area contributed by atoms with Crippen LogP contribution in [-0.4, -0.2) is 36.1 Å². The maximum atomic E-state index is 12.2. The summed E-state index contributed by atoms with van der Waals surface area (Å²) in [5.41, 5.74) is 2.09. The molecule has 0 amide bonds. The van der Waals surface area contributed by atoms with Crippen LogP contribution in [0.15, 0.2) is 106 Å². The number of benzene rings is 4. The van der Waals surface area contributed by atoms with Crippen molar-refractivity contribution in [2.45, 2.75) is 20.3 Å². The van der Waals surface area contributed by atoms with Gasteiger partial charge >= 0.3 is 5.97 Å². The normalized spacial score (nSPS) is 10.3. The molecule has 44 heavy (non-hydrogen) atoms.